The van der Waals surface area contributed by atoms with Crippen molar-refractivity contribution >= 4 is 11.9 Å². The number of ether oxygens (including phenoxy) is 3. The molecule has 0 saturated heterocycles. The van der Waals surface area contributed by atoms with Crippen LogP contribution in [0.5, 0.6) is 17.2 Å². The van der Waals surface area contributed by atoms with Gasteiger partial charge < -0.3 is 24.2 Å². The van der Waals surface area contributed by atoms with Gasteiger partial charge in [0.05, 0.1) is 33.3 Å². The van der Waals surface area contributed by atoms with E-state index in [9.17, 15) is 9.59 Å². The number of hydrogen-bond donors (Lipinski definition) is 1. The molecule has 0 bridgehead atoms. The number of nitrogens with zero attached hydrogens (tertiary/aromatic N) is 1. The van der Waals surface area contributed by atoms with Crippen LogP contribution in [0.15, 0.2) is 36.4 Å². The molecule has 0 spiro atoms. The summed E-state index contributed by atoms with van der Waals surface area (Å²) in [5.41, 5.74) is 1.80. The summed E-state index contributed by atoms with van der Waals surface area (Å²) in [5, 5.41) is 8.94. The van der Waals surface area contributed by atoms with Crippen LogP contribution >= 0.6 is 0 Å². The molecule has 0 saturated carbocycles. The van der Waals surface area contributed by atoms with Crippen molar-refractivity contribution in [3.05, 3.63) is 53.1 Å². The molecule has 0 heterocycles. The molecule has 1 amide bonds. The topological polar surface area (TPSA) is 85.3 Å². The second kappa shape index (κ2) is 8.93. The molecular formula is C20H23NO6. The molecular weight excluding hydrogens is 350 g/mol. The molecule has 0 fully saturated rings. The van der Waals surface area contributed by atoms with Crippen molar-refractivity contribution in [1.29, 1.82) is 0 Å². The lowest BCUT2D eigenvalue weighted by molar-refractivity contribution is -0.129. The van der Waals surface area contributed by atoms with Crippen LogP contribution in [-0.4, -0.2) is 50.3 Å². The van der Waals surface area contributed by atoms with Crippen LogP contribution in [-0.2, 0) is 17.8 Å². The Labute approximate surface area is 158 Å². The number of benzene rings is 2. The highest BCUT2D eigenvalue weighted by atomic mass is 16.5. The van der Waals surface area contributed by atoms with Crippen LogP contribution < -0.4 is 14.2 Å². The highest BCUT2D eigenvalue weighted by Crippen LogP contribution is 2.38. The SMILES string of the molecule is COc1cc(CC(=O)N(C)Cc2ccc(C(=O)O)cc2)cc(OC)c1OC. The Morgan fingerprint density at radius 3 is 1.93 bits per heavy atom. The fraction of sp³-hybridized carbons (Fsp3) is 0.300. The maximum absolute atomic E-state index is 12.6. The zero-order chi connectivity index (χ0) is 20.0. The molecule has 0 aliphatic heterocycles. The molecule has 144 valence electrons. The Balaban J connectivity index is 2.10. The molecule has 27 heavy (non-hydrogen) atoms. The Morgan fingerprint density at radius 1 is 0.926 bits per heavy atom. The molecule has 0 atom stereocenters. The average Bonchev–Trinajstić information content (AvgIpc) is 2.67. The second-order valence-corrected chi connectivity index (χ2v) is 5.96. The number of carboxylic acids is 1. The fourth-order valence-electron chi connectivity index (χ4n) is 2.66. The standard InChI is InChI=1S/C20H23NO6/c1-21(12-13-5-7-15(8-6-13)20(23)24)18(22)11-14-9-16(25-2)19(27-4)17(10-14)26-3/h5-10H,11-12H2,1-4H3,(H,23,24). The lowest BCUT2D eigenvalue weighted by Crippen LogP contribution is -2.27. The van der Waals surface area contributed by atoms with Crippen molar-refractivity contribution in [1.82, 2.24) is 4.90 Å². The molecule has 7 nitrogen and oxygen atoms in total. The first-order valence-electron chi connectivity index (χ1n) is 8.24. The summed E-state index contributed by atoms with van der Waals surface area (Å²) in [6.07, 6.45) is 0.167. The highest BCUT2D eigenvalue weighted by molar-refractivity contribution is 5.87. The van der Waals surface area contributed by atoms with Crippen molar-refractivity contribution in [2.75, 3.05) is 28.4 Å². The van der Waals surface area contributed by atoms with Gasteiger partial charge in [0.2, 0.25) is 11.7 Å². The van der Waals surface area contributed by atoms with Crippen LogP contribution in [0, 0.1) is 0 Å². The van der Waals surface area contributed by atoms with Crippen molar-refractivity contribution in [3.8, 4) is 17.2 Å². The third-order valence-corrected chi connectivity index (χ3v) is 4.13. The van der Waals surface area contributed by atoms with E-state index in [-0.39, 0.29) is 17.9 Å². The number of rotatable bonds is 8. The number of hydrogen-bond acceptors (Lipinski definition) is 5. The maximum atomic E-state index is 12.6. The monoisotopic (exact) mass is 373 g/mol. The highest BCUT2D eigenvalue weighted by Gasteiger charge is 2.17. The van der Waals surface area contributed by atoms with Crippen LogP contribution in [0.2, 0.25) is 0 Å². The van der Waals surface area contributed by atoms with Gasteiger partial charge in [0.1, 0.15) is 0 Å². The number of carboxylic acid groups (broad SMARTS) is 1. The lowest BCUT2D eigenvalue weighted by Gasteiger charge is -2.19. The maximum Gasteiger partial charge on any atom is 0.335 e. The normalized spacial score (nSPS) is 10.2. The quantitative estimate of drug-likeness (QED) is 0.766. The zero-order valence-corrected chi connectivity index (χ0v) is 15.8. The first kappa shape index (κ1) is 20.1. The zero-order valence-electron chi connectivity index (χ0n) is 15.8. The molecule has 7 heteroatoms. The molecule has 0 aliphatic carbocycles. The Kier molecular flexibility index (Phi) is 6.65. The van der Waals surface area contributed by atoms with Crippen molar-refractivity contribution in [3.63, 3.8) is 0 Å². The van der Waals surface area contributed by atoms with Gasteiger partial charge in [-0.2, -0.15) is 0 Å². The lowest BCUT2D eigenvalue weighted by atomic mass is 10.1. The van der Waals surface area contributed by atoms with E-state index < -0.39 is 5.97 Å². The molecule has 0 unspecified atom stereocenters. The van der Waals surface area contributed by atoms with Gasteiger partial charge in [-0.3, -0.25) is 4.79 Å². The minimum absolute atomic E-state index is 0.0911. The number of likely N-dealkylation sites (N-methyl/N-ethyl adjacent to an activating group) is 1. The molecule has 0 radical (unpaired) electrons. The number of carbonyl (C=O) groups excluding carboxylic acids is 1. The van der Waals surface area contributed by atoms with Crippen LogP contribution in [0.25, 0.3) is 0 Å². The molecule has 2 aromatic rings. The van der Waals surface area contributed by atoms with Crippen LogP contribution in [0.3, 0.4) is 0 Å². The second-order valence-electron chi connectivity index (χ2n) is 5.96. The Hall–Kier alpha value is -3.22. The predicted octanol–water partition coefficient (Wildman–Crippen LogP) is 2.61. The summed E-state index contributed by atoms with van der Waals surface area (Å²) < 4.78 is 15.9. The van der Waals surface area contributed by atoms with Gasteiger partial charge in [0, 0.05) is 13.6 Å². The molecule has 0 aliphatic rings. The van der Waals surface area contributed by atoms with Crippen molar-refractivity contribution in [2.24, 2.45) is 0 Å². The van der Waals surface area contributed by atoms with Gasteiger partial charge >= 0.3 is 5.97 Å². The largest absolute Gasteiger partial charge is 0.493 e. The predicted molar refractivity (Wildman–Crippen MR) is 99.7 cm³/mol. The van der Waals surface area contributed by atoms with E-state index in [1.54, 1.807) is 36.2 Å². The Bertz CT molecular complexity index is 791. The van der Waals surface area contributed by atoms with Gasteiger partial charge in [-0.05, 0) is 35.4 Å². The van der Waals surface area contributed by atoms with Crippen molar-refractivity contribution in [2.45, 2.75) is 13.0 Å². The summed E-state index contributed by atoms with van der Waals surface area (Å²) >= 11 is 0. The van der Waals surface area contributed by atoms with Gasteiger partial charge in [-0.15, -0.1) is 0 Å². The molecule has 2 rings (SSSR count). The number of carbonyl (C=O) groups is 2. The van der Waals surface area contributed by atoms with Gasteiger partial charge in [0.15, 0.2) is 11.5 Å². The third-order valence-electron chi connectivity index (χ3n) is 4.13. The summed E-state index contributed by atoms with van der Waals surface area (Å²) in [7, 11) is 6.27. The van der Waals surface area contributed by atoms with E-state index in [0.717, 1.165) is 11.1 Å². The third kappa shape index (κ3) is 4.91. The van der Waals surface area contributed by atoms with Gasteiger partial charge in [-0.1, -0.05) is 12.1 Å². The van der Waals surface area contributed by atoms with Gasteiger partial charge in [0.25, 0.3) is 0 Å². The fourth-order valence-corrected chi connectivity index (χ4v) is 2.66. The molecule has 0 aromatic heterocycles. The Morgan fingerprint density at radius 2 is 1.48 bits per heavy atom. The summed E-state index contributed by atoms with van der Waals surface area (Å²) in [6, 6.07) is 9.94. The van der Waals surface area contributed by atoms with Crippen LogP contribution in [0.1, 0.15) is 21.5 Å². The minimum Gasteiger partial charge on any atom is -0.493 e. The number of methoxy groups -OCH3 is 3. The van der Waals surface area contributed by atoms with Gasteiger partial charge in [-0.25, -0.2) is 4.79 Å². The molecule has 2 aromatic carbocycles. The average molecular weight is 373 g/mol. The summed E-state index contributed by atoms with van der Waals surface area (Å²) in [6.45, 7) is 0.378. The summed E-state index contributed by atoms with van der Waals surface area (Å²) in [5.74, 6) is 0.390. The first-order chi connectivity index (χ1) is 12.9. The summed E-state index contributed by atoms with van der Waals surface area (Å²) in [4.78, 5) is 25.0. The smallest absolute Gasteiger partial charge is 0.335 e. The van der Waals surface area contributed by atoms with Crippen LogP contribution in [0.4, 0.5) is 0 Å². The van der Waals surface area contributed by atoms with E-state index in [0.29, 0.717) is 23.8 Å². The van der Waals surface area contributed by atoms with E-state index in [1.807, 2.05) is 0 Å². The minimum atomic E-state index is -0.978. The van der Waals surface area contributed by atoms with E-state index in [2.05, 4.69) is 0 Å². The van der Waals surface area contributed by atoms with E-state index in [4.69, 9.17) is 19.3 Å². The molecule has 1 N–H and O–H groups in total. The van der Waals surface area contributed by atoms with E-state index >= 15 is 0 Å². The van der Waals surface area contributed by atoms with Crippen molar-refractivity contribution < 1.29 is 28.9 Å². The number of aromatic carboxylic acids is 1. The first-order valence-corrected chi connectivity index (χ1v) is 8.24. The number of amides is 1. The van der Waals surface area contributed by atoms with E-state index in [1.165, 1.54) is 33.5 Å².